The lowest BCUT2D eigenvalue weighted by atomic mass is 10.0. The third-order valence-corrected chi connectivity index (χ3v) is 5.71. The van der Waals surface area contributed by atoms with Crippen LogP contribution in [-0.4, -0.2) is 19.6 Å². The van der Waals surface area contributed by atoms with Crippen molar-refractivity contribution in [1.29, 1.82) is 5.26 Å². The number of nitrogens with zero attached hydrogens (tertiary/aromatic N) is 5. The summed E-state index contributed by atoms with van der Waals surface area (Å²) in [6, 6.07) is 17.9. The molecule has 0 aliphatic rings. The van der Waals surface area contributed by atoms with Crippen molar-refractivity contribution in [1.82, 2.24) is 19.6 Å². The molecule has 2 aromatic heterocycles. The van der Waals surface area contributed by atoms with Gasteiger partial charge in [-0.15, -0.1) is 10.2 Å². The van der Waals surface area contributed by atoms with Crippen LogP contribution < -0.4 is 5.32 Å². The van der Waals surface area contributed by atoms with E-state index in [-0.39, 0.29) is 5.02 Å². The Hall–Kier alpha value is -3.73. The van der Waals surface area contributed by atoms with Crippen LogP contribution in [0.5, 0.6) is 0 Å². The number of halogens is 3. The fraction of sp³-hybridized carbons (Fsp3) is 0.0435. The predicted octanol–water partition coefficient (Wildman–Crippen LogP) is 5.87. The minimum absolute atomic E-state index is 0.0182. The second kappa shape index (κ2) is 8.08. The van der Waals surface area contributed by atoms with Crippen molar-refractivity contribution in [3.8, 4) is 17.2 Å². The van der Waals surface area contributed by atoms with E-state index in [0.29, 0.717) is 39.5 Å². The summed E-state index contributed by atoms with van der Waals surface area (Å²) in [7, 11) is 0. The van der Waals surface area contributed by atoms with E-state index in [1.54, 1.807) is 22.6 Å². The molecule has 3 aromatic carbocycles. The molecular formula is C23H13Cl2FN6. The molecule has 32 heavy (non-hydrogen) atoms. The highest BCUT2D eigenvalue weighted by Crippen LogP contribution is 2.31. The summed E-state index contributed by atoms with van der Waals surface area (Å²) in [6.45, 7) is 0.325. The van der Waals surface area contributed by atoms with E-state index < -0.39 is 5.82 Å². The summed E-state index contributed by atoms with van der Waals surface area (Å²) >= 11 is 12.4. The number of benzene rings is 3. The predicted molar refractivity (Wildman–Crippen MR) is 122 cm³/mol. The van der Waals surface area contributed by atoms with E-state index in [1.165, 1.54) is 12.4 Å². The molecule has 0 atom stereocenters. The molecule has 156 valence electrons. The molecule has 9 heteroatoms. The summed E-state index contributed by atoms with van der Waals surface area (Å²) in [6.07, 6.45) is 1.51. The summed E-state index contributed by atoms with van der Waals surface area (Å²) in [4.78, 5) is 4.53. The van der Waals surface area contributed by atoms with Crippen LogP contribution in [0.3, 0.4) is 0 Å². The third kappa shape index (κ3) is 3.60. The Morgan fingerprint density at radius 1 is 1.06 bits per heavy atom. The van der Waals surface area contributed by atoms with Gasteiger partial charge in [-0.25, -0.2) is 9.37 Å². The number of fused-ring (bicyclic) bond motifs is 3. The van der Waals surface area contributed by atoms with Gasteiger partial charge < -0.3 is 5.32 Å². The Morgan fingerprint density at radius 3 is 2.75 bits per heavy atom. The monoisotopic (exact) mass is 462 g/mol. The number of aromatic nitrogens is 4. The number of nitriles is 1. The zero-order valence-corrected chi connectivity index (χ0v) is 17.9. The van der Waals surface area contributed by atoms with Crippen LogP contribution in [-0.2, 0) is 6.54 Å². The maximum absolute atomic E-state index is 14.2. The normalized spacial score (nSPS) is 11.1. The Kier molecular flexibility index (Phi) is 5.10. The molecule has 0 radical (unpaired) electrons. The van der Waals surface area contributed by atoms with Crippen LogP contribution in [0.1, 0.15) is 11.3 Å². The van der Waals surface area contributed by atoms with Gasteiger partial charge in [0.25, 0.3) is 5.78 Å². The second-order valence-corrected chi connectivity index (χ2v) is 7.90. The molecule has 5 aromatic rings. The van der Waals surface area contributed by atoms with Crippen LogP contribution in [0.2, 0.25) is 10.0 Å². The standard InChI is InChI=1S/C23H13Cl2FN6/c24-18-6-13(10-27)4-5-16(18)14-2-1-3-15(7-14)28-11-21-17-8-20(26)19(25)9-22(17)32-12-29-31-23(32)30-21/h1-9,12,28H,11H2. The smallest absolute Gasteiger partial charge is 0.255 e. The van der Waals surface area contributed by atoms with Gasteiger partial charge in [0, 0.05) is 21.7 Å². The zero-order chi connectivity index (χ0) is 22.2. The van der Waals surface area contributed by atoms with E-state index in [4.69, 9.17) is 28.5 Å². The Labute approximate surface area is 191 Å². The molecule has 2 heterocycles. The van der Waals surface area contributed by atoms with Crippen LogP contribution in [0.25, 0.3) is 27.8 Å². The van der Waals surface area contributed by atoms with Gasteiger partial charge in [-0.05, 0) is 42.0 Å². The molecule has 0 spiro atoms. The minimum Gasteiger partial charge on any atom is -0.379 e. The first-order valence-electron chi connectivity index (χ1n) is 9.55. The topological polar surface area (TPSA) is 78.9 Å². The zero-order valence-electron chi connectivity index (χ0n) is 16.4. The van der Waals surface area contributed by atoms with Crippen molar-refractivity contribution >= 4 is 45.6 Å². The molecule has 0 amide bonds. The van der Waals surface area contributed by atoms with E-state index in [0.717, 1.165) is 16.8 Å². The van der Waals surface area contributed by atoms with Crippen molar-refractivity contribution in [3.05, 3.63) is 88.0 Å². The van der Waals surface area contributed by atoms with Crippen LogP contribution in [0.15, 0.2) is 60.9 Å². The lowest BCUT2D eigenvalue weighted by molar-refractivity contribution is 0.629. The van der Waals surface area contributed by atoms with Gasteiger partial charge in [0.1, 0.15) is 12.1 Å². The average molecular weight is 463 g/mol. The van der Waals surface area contributed by atoms with Crippen molar-refractivity contribution in [2.45, 2.75) is 6.54 Å². The van der Waals surface area contributed by atoms with Gasteiger partial charge >= 0.3 is 0 Å². The van der Waals surface area contributed by atoms with Crippen molar-refractivity contribution in [2.75, 3.05) is 5.32 Å². The highest BCUT2D eigenvalue weighted by molar-refractivity contribution is 6.33. The molecule has 0 aliphatic heterocycles. The fourth-order valence-corrected chi connectivity index (χ4v) is 4.01. The second-order valence-electron chi connectivity index (χ2n) is 7.08. The molecule has 0 fully saturated rings. The number of hydrogen-bond donors (Lipinski definition) is 1. The molecule has 5 rings (SSSR count). The average Bonchev–Trinajstić information content (AvgIpc) is 3.27. The molecule has 1 N–H and O–H groups in total. The first kappa shape index (κ1) is 20.2. The van der Waals surface area contributed by atoms with Gasteiger partial charge in [0.15, 0.2) is 0 Å². The lowest BCUT2D eigenvalue weighted by Crippen LogP contribution is -2.05. The molecule has 0 bridgehead atoms. The lowest BCUT2D eigenvalue weighted by Gasteiger charge is -2.12. The molecule has 0 saturated heterocycles. The quantitative estimate of drug-likeness (QED) is 0.361. The SMILES string of the molecule is N#Cc1ccc(-c2cccc(NCc3nc4nncn4c4cc(Cl)c(F)cc34)c2)c(Cl)c1. The number of anilines is 1. The third-order valence-electron chi connectivity index (χ3n) is 5.11. The van der Waals surface area contributed by atoms with E-state index in [1.807, 2.05) is 30.3 Å². The van der Waals surface area contributed by atoms with Gasteiger partial charge in [0.05, 0.1) is 34.4 Å². The maximum atomic E-state index is 14.2. The molecule has 0 saturated carbocycles. The largest absolute Gasteiger partial charge is 0.379 e. The number of hydrogen-bond acceptors (Lipinski definition) is 5. The van der Waals surface area contributed by atoms with Crippen molar-refractivity contribution in [2.24, 2.45) is 0 Å². The summed E-state index contributed by atoms with van der Waals surface area (Å²) in [5, 5.41) is 21.4. The highest BCUT2D eigenvalue weighted by Gasteiger charge is 2.13. The number of nitrogens with one attached hydrogen (secondary N) is 1. The van der Waals surface area contributed by atoms with Gasteiger partial charge in [-0.3, -0.25) is 4.40 Å². The first-order chi connectivity index (χ1) is 15.5. The highest BCUT2D eigenvalue weighted by atomic mass is 35.5. The molecule has 0 aliphatic carbocycles. The maximum Gasteiger partial charge on any atom is 0.255 e. The molecule has 6 nitrogen and oxygen atoms in total. The van der Waals surface area contributed by atoms with Crippen LogP contribution in [0.4, 0.5) is 10.1 Å². The molecular weight excluding hydrogens is 450 g/mol. The Bertz CT molecular complexity index is 1540. The Balaban J connectivity index is 1.49. The van der Waals surface area contributed by atoms with E-state index in [2.05, 4.69) is 26.6 Å². The van der Waals surface area contributed by atoms with Gasteiger partial charge in [0.2, 0.25) is 0 Å². The van der Waals surface area contributed by atoms with Crippen molar-refractivity contribution in [3.63, 3.8) is 0 Å². The van der Waals surface area contributed by atoms with Crippen LogP contribution in [0, 0.1) is 17.1 Å². The molecule has 0 unspecified atom stereocenters. The summed E-state index contributed by atoms with van der Waals surface area (Å²) in [5.74, 6) is -0.123. The summed E-state index contributed by atoms with van der Waals surface area (Å²) < 4.78 is 15.9. The minimum atomic E-state index is -0.521. The van der Waals surface area contributed by atoms with E-state index >= 15 is 0 Å². The van der Waals surface area contributed by atoms with Gasteiger partial charge in [-0.1, -0.05) is 41.4 Å². The fourth-order valence-electron chi connectivity index (χ4n) is 3.56. The number of rotatable bonds is 4. The first-order valence-corrected chi connectivity index (χ1v) is 10.3. The Morgan fingerprint density at radius 2 is 1.94 bits per heavy atom. The van der Waals surface area contributed by atoms with Crippen LogP contribution >= 0.6 is 23.2 Å². The van der Waals surface area contributed by atoms with Gasteiger partial charge in [-0.2, -0.15) is 5.26 Å². The van der Waals surface area contributed by atoms with E-state index in [9.17, 15) is 4.39 Å². The summed E-state index contributed by atoms with van der Waals surface area (Å²) in [5.41, 5.74) is 4.32. The van der Waals surface area contributed by atoms with Crippen molar-refractivity contribution < 1.29 is 4.39 Å².